The highest BCUT2D eigenvalue weighted by molar-refractivity contribution is 7.89. The summed E-state index contributed by atoms with van der Waals surface area (Å²) < 4.78 is 33.9. The first-order valence-corrected chi connectivity index (χ1v) is 11.5. The Labute approximate surface area is 177 Å². The van der Waals surface area contributed by atoms with E-state index in [1.165, 1.54) is 18.2 Å². The fraction of sp³-hybridized carbons (Fsp3) is 0.381. The van der Waals surface area contributed by atoms with Gasteiger partial charge in [-0.05, 0) is 51.0 Å². The summed E-state index contributed by atoms with van der Waals surface area (Å²) in [5, 5.41) is 0.199. The average molecular weight is 439 g/mol. The lowest BCUT2D eigenvalue weighted by Gasteiger charge is -2.26. The fourth-order valence-electron chi connectivity index (χ4n) is 2.96. The van der Waals surface area contributed by atoms with E-state index in [-0.39, 0.29) is 22.2 Å². The van der Waals surface area contributed by atoms with Crippen LogP contribution in [0, 0.1) is 0 Å². The SMILES string of the molecule is CCOc1ccc(S(=O)(=O)NC(Cc2ccccc2)C(=O)N(CC)CC)cc1Cl. The molecule has 2 rings (SSSR count). The second-order valence-electron chi connectivity index (χ2n) is 6.40. The third kappa shape index (κ3) is 6.19. The summed E-state index contributed by atoms with van der Waals surface area (Å²) >= 11 is 6.15. The van der Waals surface area contributed by atoms with E-state index < -0.39 is 16.1 Å². The van der Waals surface area contributed by atoms with Crippen molar-refractivity contribution in [1.82, 2.24) is 9.62 Å². The summed E-state index contributed by atoms with van der Waals surface area (Å²) in [6.45, 7) is 6.95. The van der Waals surface area contributed by atoms with E-state index in [2.05, 4.69) is 4.72 Å². The van der Waals surface area contributed by atoms with Gasteiger partial charge in [-0.25, -0.2) is 8.42 Å². The van der Waals surface area contributed by atoms with Crippen LogP contribution in [0.3, 0.4) is 0 Å². The highest BCUT2D eigenvalue weighted by Gasteiger charge is 2.29. The molecule has 0 aliphatic heterocycles. The van der Waals surface area contributed by atoms with Crippen molar-refractivity contribution in [3.05, 3.63) is 59.1 Å². The molecule has 6 nitrogen and oxygen atoms in total. The molecule has 0 saturated heterocycles. The summed E-state index contributed by atoms with van der Waals surface area (Å²) in [5.41, 5.74) is 0.866. The summed E-state index contributed by atoms with van der Waals surface area (Å²) in [6, 6.07) is 12.7. The molecule has 0 saturated carbocycles. The van der Waals surface area contributed by atoms with Gasteiger partial charge in [0.25, 0.3) is 0 Å². The number of hydrogen-bond acceptors (Lipinski definition) is 4. The van der Waals surface area contributed by atoms with Crippen molar-refractivity contribution < 1.29 is 17.9 Å². The Bertz CT molecular complexity index is 916. The number of rotatable bonds is 10. The van der Waals surface area contributed by atoms with Crippen LogP contribution in [0.15, 0.2) is 53.4 Å². The maximum absolute atomic E-state index is 13.0. The number of carbonyl (C=O) groups is 1. The fourth-order valence-corrected chi connectivity index (χ4v) is 4.48. The quantitative estimate of drug-likeness (QED) is 0.616. The molecular formula is C21H27ClN2O4S. The van der Waals surface area contributed by atoms with Gasteiger partial charge in [-0.1, -0.05) is 41.9 Å². The van der Waals surface area contributed by atoms with Crippen molar-refractivity contribution >= 4 is 27.5 Å². The number of hydrogen-bond donors (Lipinski definition) is 1. The zero-order valence-corrected chi connectivity index (χ0v) is 18.5. The van der Waals surface area contributed by atoms with Gasteiger partial charge >= 0.3 is 0 Å². The monoisotopic (exact) mass is 438 g/mol. The van der Waals surface area contributed by atoms with Gasteiger partial charge in [-0.3, -0.25) is 4.79 Å². The Kier molecular flexibility index (Phi) is 8.49. The highest BCUT2D eigenvalue weighted by atomic mass is 35.5. The molecule has 0 heterocycles. The zero-order valence-electron chi connectivity index (χ0n) is 16.9. The zero-order chi connectivity index (χ0) is 21.4. The van der Waals surface area contributed by atoms with Crippen molar-refractivity contribution in [2.24, 2.45) is 0 Å². The molecule has 0 fully saturated rings. The average Bonchev–Trinajstić information content (AvgIpc) is 2.70. The topological polar surface area (TPSA) is 75.7 Å². The molecule has 0 spiro atoms. The largest absolute Gasteiger partial charge is 0.492 e. The molecule has 158 valence electrons. The molecule has 1 N–H and O–H groups in total. The molecule has 0 radical (unpaired) electrons. The molecule has 1 atom stereocenters. The number of likely N-dealkylation sites (N-methyl/N-ethyl adjacent to an activating group) is 1. The molecule has 2 aromatic carbocycles. The number of ether oxygens (including phenoxy) is 1. The number of benzene rings is 2. The normalized spacial score (nSPS) is 12.4. The molecular weight excluding hydrogens is 412 g/mol. The van der Waals surface area contributed by atoms with Gasteiger partial charge in [0.1, 0.15) is 11.8 Å². The van der Waals surface area contributed by atoms with Crippen LogP contribution in [0.2, 0.25) is 5.02 Å². The van der Waals surface area contributed by atoms with Gasteiger partial charge < -0.3 is 9.64 Å². The number of halogens is 1. The Morgan fingerprint density at radius 1 is 1.10 bits per heavy atom. The van der Waals surface area contributed by atoms with Crippen molar-refractivity contribution in [3.63, 3.8) is 0 Å². The minimum absolute atomic E-state index is 0.0173. The van der Waals surface area contributed by atoms with Crippen LogP contribution in [0.25, 0.3) is 0 Å². The van der Waals surface area contributed by atoms with Gasteiger partial charge in [0.2, 0.25) is 15.9 Å². The summed E-state index contributed by atoms with van der Waals surface area (Å²) in [5.74, 6) is 0.146. The first kappa shape index (κ1) is 23.2. The third-order valence-corrected chi connectivity index (χ3v) is 6.23. The number of nitrogens with one attached hydrogen (secondary N) is 1. The van der Waals surface area contributed by atoms with E-state index >= 15 is 0 Å². The Morgan fingerprint density at radius 3 is 2.31 bits per heavy atom. The van der Waals surface area contributed by atoms with E-state index in [1.54, 1.807) is 4.90 Å². The van der Waals surface area contributed by atoms with Crippen LogP contribution >= 0.6 is 11.6 Å². The smallest absolute Gasteiger partial charge is 0.241 e. The van der Waals surface area contributed by atoms with E-state index in [0.29, 0.717) is 25.4 Å². The molecule has 0 aliphatic carbocycles. The molecule has 0 aromatic heterocycles. The second-order valence-corrected chi connectivity index (χ2v) is 8.52. The lowest BCUT2D eigenvalue weighted by atomic mass is 10.1. The van der Waals surface area contributed by atoms with Crippen LogP contribution in [0.1, 0.15) is 26.3 Å². The second kappa shape index (κ2) is 10.6. The molecule has 8 heteroatoms. The molecule has 0 aliphatic rings. The maximum Gasteiger partial charge on any atom is 0.241 e. The van der Waals surface area contributed by atoms with Crippen molar-refractivity contribution in [3.8, 4) is 5.75 Å². The molecule has 0 bridgehead atoms. The summed E-state index contributed by atoms with van der Waals surface area (Å²) in [4.78, 5) is 14.6. The Hall–Kier alpha value is -2.09. The number of sulfonamides is 1. The van der Waals surface area contributed by atoms with Gasteiger partial charge in [-0.2, -0.15) is 4.72 Å². The van der Waals surface area contributed by atoms with Gasteiger partial charge in [0.15, 0.2) is 0 Å². The predicted molar refractivity (Wildman–Crippen MR) is 115 cm³/mol. The van der Waals surface area contributed by atoms with Crippen LogP contribution in [0.5, 0.6) is 5.75 Å². The van der Waals surface area contributed by atoms with Gasteiger partial charge in [-0.15, -0.1) is 0 Å². The van der Waals surface area contributed by atoms with E-state index in [4.69, 9.17) is 16.3 Å². The number of nitrogens with zero attached hydrogens (tertiary/aromatic N) is 1. The van der Waals surface area contributed by atoms with Gasteiger partial charge in [0, 0.05) is 13.1 Å². The van der Waals surface area contributed by atoms with Crippen molar-refractivity contribution in [2.45, 2.75) is 38.1 Å². The van der Waals surface area contributed by atoms with E-state index in [1.807, 2.05) is 51.1 Å². The molecule has 2 aromatic rings. The lowest BCUT2D eigenvalue weighted by molar-refractivity contribution is -0.132. The van der Waals surface area contributed by atoms with E-state index in [9.17, 15) is 13.2 Å². The van der Waals surface area contributed by atoms with Crippen molar-refractivity contribution in [1.29, 1.82) is 0 Å². The minimum atomic E-state index is -3.97. The first-order chi connectivity index (χ1) is 13.8. The van der Waals surface area contributed by atoms with Crippen LogP contribution in [0.4, 0.5) is 0 Å². The highest BCUT2D eigenvalue weighted by Crippen LogP contribution is 2.27. The lowest BCUT2D eigenvalue weighted by Crippen LogP contribution is -2.49. The van der Waals surface area contributed by atoms with Crippen LogP contribution in [-0.2, 0) is 21.2 Å². The number of amides is 1. The molecule has 1 unspecified atom stereocenters. The number of carbonyl (C=O) groups excluding carboxylic acids is 1. The van der Waals surface area contributed by atoms with Crippen LogP contribution in [-0.4, -0.2) is 45.0 Å². The molecule has 1 amide bonds. The summed E-state index contributed by atoms with van der Waals surface area (Å²) in [6.07, 6.45) is 0.250. The summed E-state index contributed by atoms with van der Waals surface area (Å²) in [7, 11) is -3.97. The maximum atomic E-state index is 13.0. The van der Waals surface area contributed by atoms with Crippen LogP contribution < -0.4 is 9.46 Å². The third-order valence-electron chi connectivity index (χ3n) is 4.47. The minimum Gasteiger partial charge on any atom is -0.492 e. The first-order valence-electron chi connectivity index (χ1n) is 9.59. The van der Waals surface area contributed by atoms with Crippen molar-refractivity contribution in [2.75, 3.05) is 19.7 Å². The Balaban J connectivity index is 2.33. The predicted octanol–water partition coefficient (Wildman–Crippen LogP) is 3.50. The van der Waals surface area contributed by atoms with E-state index in [0.717, 1.165) is 5.56 Å². The Morgan fingerprint density at radius 2 is 1.76 bits per heavy atom. The molecule has 29 heavy (non-hydrogen) atoms. The van der Waals surface area contributed by atoms with Gasteiger partial charge in [0.05, 0.1) is 16.5 Å². The standard InChI is InChI=1S/C21H27ClN2O4S/c1-4-24(5-2)21(25)19(14-16-10-8-7-9-11-16)23-29(26,27)17-12-13-20(28-6-3)18(22)15-17/h7-13,15,19,23H,4-6,14H2,1-3H3.